The summed E-state index contributed by atoms with van der Waals surface area (Å²) in [6.45, 7) is 8.48. The number of carboxylic acids is 1. The Kier molecular flexibility index (Phi) is 10.4. The Morgan fingerprint density at radius 1 is 1.32 bits per heavy atom. The second-order valence-electron chi connectivity index (χ2n) is 4.53. The van der Waals surface area contributed by atoms with E-state index in [1.54, 1.807) is 6.92 Å². The highest BCUT2D eigenvalue weighted by Crippen LogP contribution is 2.08. The number of hydrogen-bond donors (Lipinski definition) is 1. The van der Waals surface area contributed by atoms with Crippen LogP contribution in [0.2, 0.25) is 0 Å². The summed E-state index contributed by atoms with van der Waals surface area (Å²) < 4.78 is 14.2. The van der Waals surface area contributed by atoms with Crippen LogP contribution in [-0.4, -0.2) is 48.9 Å². The third kappa shape index (κ3) is 12.9. The molecule has 0 radical (unpaired) electrons. The third-order valence-electron chi connectivity index (χ3n) is 2.26. The van der Waals surface area contributed by atoms with Crippen LogP contribution < -0.4 is 0 Å². The van der Waals surface area contributed by atoms with Gasteiger partial charge in [0.15, 0.2) is 0 Å². The molecular weight excluding hydrogens is 292 g/mol. The molecular formula is C15H22O7. The number of unbranched alkanes of at least 4 members (excludes halogenated alkanes) is 1. The lowest BCUT2D eigenvalue weighted by molar-refractivity contribution is -0.139. The topological polar surface area (TPSA) is 102 Å². The molecule has 0 aliphatic carbocycles. The van der Waals surface area contributed by atoms with Crippen LogP contribution in [0, 0.1) is 0 Å². The molecule has 7 nitrogen and oxygen atoms in total. The molecule has 1 heterocycles. The Bertz CT molecular complexity index is 422. The van der Waals surface area contributed by atoms with Crippen molar-refractivity contribution in [3.05, 3.63) is 24.3 Å². The quantitative estimate of drug-likeness (QED) is 0.313. The fraction of sp³-hybridized carbons (Fsp3) is 0.533. The van der Waals surface area contributed by atoms with Gasteiger partial charge in [-0.15, -0.1) is 0 Å². The van der Waals surface area contributed by atoms with Crippen LogP contribution in [-0.2, 0) is 28.6 Å². The van der Waals surface area contributed by atoms with E-state index in [0.29, 0.717) is 18.8 Å². The normalized spacial score (nSPS) is 15.5. The molecule has 7 heteroatoms. The number of ether oxygens (including phenoxy) is 3. The number of carbonyl (C=O) groups excluding carboxylic acids is 2. The smallest absolute Gasteiger partial charge is 0.333 e. The number of esters is 2. The maximum Gasteiger partial charge on any atom is 0.333 e. The van der Waals surface area contributed by atoms with Gasteiger partial charge in [0.1, 0.15) is 12.7 Å². The molecule has 22 heavy (non-hydrogen) atoms. The predicted molar refractivity (Wildman–Crippen MR) is 78.2 cm³/mol. The zero-order valence-electron chi connectivity index (χ0n) is 12.9. The molecule has 1 aliphatic heterocycles. The Morgan fingerprint density at radius 3 is 2.41 bits per heavy atom. The fourth-order valence-corrected chi connectivity index (χ4v) is 0.959. The van der Waals surface area contributed by atoms with Crippen LogP contribution in [0.25, 0.3) is 0 Å². The number of carbonyl (C=O) groups is 3. The first-order chi connectivity index (χ1) is 10.4. The molecule has 124 valence electrons. The van der Waals surface area contributed by atoms with Crippen molar-refractivity contribution >= 4 is 17.9 Å². The van der Waals surface area contributed by atoms with E-state index in [-0.39, 0.29) is 18.7 Å². The fourth-order valence-electron chi connectivity index (χ4n) is 0.959. The Labute approximate surface area is 129 Å². The number of carboxylic acid groups (broad SMARTS) is 1. The molecule has 1 aliphatic rings. The van der Waals surface area contributed by atoms with Crippen molar-refractivity contribution in [1.82, 2.24) is 0 Å². The number of hydrogen-bond acceptors (Lipinski definition) is 6. The summed E-state index contributed by atoms with van der Waals surface area (Å²) in [5, 5.41) is 8.13. The van der Waals surface area contributed by atoms with Crippen LogP contribution in [0.15, 0.2) is 24.3 Å². The van der Waals surface area contributed by atoms with E-state index in [2.05, 4.69) is 18.2 Å². The second kappa shape index (κ2) is 11.5. The lowest BCUT2D eigenvalue weighted by atomic mass is 10.3. The van der Waals surface area contributed by atoms with Crippen molar-refractivity contribution in [3.63, 3.8) is 0 Å². The summed E-state index contributed by atoms with van der Waals surface area (Å²) in [4.78, 5) is 31.3. The molecule has 1 saturated heterocycles. The molecule has 0 spiro atoms. The van der Waals surface area contributed by atoms with Gasteiger partial charge in [-0.05, 0) is 13.3 Å². The van der Waals surface area contributed by atoms with Gasteiger partial charge in [-0.2, -0.15) is 0 Å². The summed E-state index contributed by atoms with van der Waals surface area (Å²) in [5.74, 6) is -2.11. The van der Waals surface area contributed by atoms with E-state index in [9.17, 15) is 14.4 Å². The zero-order chi connectivity index (χ0) is 17.0. The molecule has 0 saturated carbocycles. The van der Waals surface area contributed by atoms with Gasteiger partial charge in [0.25, 0.3) is 0 Å². The van der Waals surface area contributed by atoms with E-state index in [0.717, 1.165) is 25.0 Å². The van der Waals surface area contributed by atoms with Crippen LogP contribution >= 0.6 is 0 Å². The Balaban J connectivity index is 0.000000409. The van der Waals surface area contributed by atoms with Crippen molar-refractivity contribution in [3.8, 4) is 0 Å². The molecule has 0 bridgehead atoms. The van der Waals surface area contributed by atoms with Gasteiger partial charge in [-0.3, -0.25) is 0 Å². The van der Waals surface area contributed by atoms with Gasteiger partial charge in [0.05, 0.1) is 13.2 Å². The van der Waals surface area contributed by atoms with Crippen LogP contribution in [0.5, 0.6) is 0 Å². The van der Waals surface area contributed by atoms with E-state index in [4.69, 9.17) is 14.6 Å². The molecule has 0 aromatic carbocycles. The Hall–Kier alpha value is -2.15. The average molecular weight is 314 g/mol. The number of rotatable bonds is 8. The van der Waals surface area contributed by atoms with Crippen LogP contribution in [0.4, 0.5) is 0 Å². The van der Waals surface area contributed by atoms with Crippen molar-refractivity contribution in [1.29, 1.82) is 0 Å². The first-order valence-electron chi connectivity index (χ1n) is 6.88. The molecule has 1 atom stereocenters. The minimum absolute atomic E-state index is 0.00665. The van der Waals surface area contributed by atoms with Crippen molar-refractivity contribution in [2.75, 3.05) is 19.8 Å². The van der Waals surface area contributed by atoms with E-state index in [1.165, 1.54) is 0 Å². The van der Waals surface area contributed by atoms with Crippen molar-refractivity contribution in [2.45, 2.75) is 32.8 Å². The lowest BCUT2D eigenvalue weighted by Gasteiger charge is -2.01. The van der Waals surface area contributed by atoms with Gasteiger partial charge >= 0.3 is 17.9 Å². The van der Waals surface area contributed by atoms with Gasteiger partial charge in [0.2, 0.25) is 0 Å². The van der Waals surface area contributed by atoms with Crippen LogP contribution in [0.3, 0.4) is 0 Å². The number of epoxide rings is 1. The van der Waals surface area contributed by atoms with E-state index < -0.39 is 11.9 Å². The SMILES string of the molecule is C=C(C)C(=O)OCCCC.O=C(O)/C=C\C(=O)OCC1CO1. The van der Waals surface area contributed by atoms with E-state index >= 15 is 0 Å². The minimum atomic E-state index is -1.17. The van der Waals surface area contributed by atoms with Gasteiger partial charge < -0.3 is 19.3 Å². The maximum atomic E-state index is 10.7. The lowest BCUT2D eigenvalue weighted by Crippen LogP contribution is -2.07. The van der Waals surface area contributed by atoms with Gasteiger partial charge in [0, 0.05) is 17.7 Å². The molecule has 1 rings (SSSR count). The standard InChI is InChI=1S/C8H14O2.C7H8O5/c1-4-5-6-10-8(9)7(2)3;8-6(9)1-2-7(10)12-4-5-3-11-5/h2,4-6H2,1,3H3;1-2,5H,3-4H2,(H,8,9)/b;2-1-. The maximum absolute atomic E-state index is 10.7. The summed E-state index contributed by atoms with van der Waals surface area (Å²) in [7, 11) is 0. The highest BCUT2D eigenvalue weighted by molar-refractivity contribution is 5.90. The minimum Gasteiger partial charge on any atom is -0.478 e. The molecule has 1 fully saturated rings. The summed E-state index contributed by atoms with van der Waals surface area (Å²) in [6, 6.07) is 0. The Morgan fingerprint density at radius 2 is 1.95 bits per heavy atom. The first kappa shape index (κ1) is 19.9. The van der Waals surface area contributed by atoms with Crippen molar-refractivity contribution < 1.29 is 33.7 Å². The highest BCUT2D eigenvalue weighted by atomic mass is 16.6. The van der Waals surface area contributed by atoms with Crippen LogP contribution in [0.1, 0.15) is 26.7 Å². The third-order valence-corrected chi connectivity index (χ3v) is 2.26. The molecule has 1 N–H and O–H groups in total. The molecule has 0 aromatic heterocycles. The molecule has 1 unspecified atom stereocenters. The monoisotopic (exact) mass is 314 g/mol. The van der Waals surface area contributed by atoms with E-state index in [1.807, 2.05) is 0 Å². The summed E-state index contributed by atoms with van der Waals surface area (Å²) in [5.41, 5.74) is 0.469. The van der Waals surface area contributed by atoms with Crippen molar-refractivity contribution in [2.24, 2.45) is 0 Å². The van der Waals surface area contributed by atoms with Gasteiger partial charge in [-0.1, -0.05) is 19.9 Å². The highest BCUT2D eigenvalue weighted by Gasteiger charge is 2.23. The molecule has 0 aromatic rings. The number of aliphatic carboxylic acids is 1. The summed E-state index contributed by atoms with van der Waals surface area (Å²) >= 11 is 0. The average Bonchev–Trinajstić information content (AvgIpc) is 3.27. The summed E-state index contributed by atoms with van der Waals surface area (Å²) in [6.07, 6.45) is 3.58. The largest absolute Gasteiger partial charge is 0.478 e. The van der Waals surface area contributed by atoms with Gasteiger partial charge in [-0.25, -0.2) is 14.4 Å². The zero-order valence-corrected chi connectivity index (χ0v) is 12.9. The second-order valence-corrected chi connectivity index (χ2v) is 4.53. The predicted octanol–water partition coefficient (Wildman–Crippen LogP) is 1.47. The molecule has 0 amide bonds. The first-order valence-corrected chi connectivity index (χ1v) is 6.88.